The normalized spacial score (nSPS) is 12.4. The second-order valence-corrected chi connectivity index (χ2v) is 6.32. The summed E-state index contributed by atoms with van der Waals surface area (Å²) in [5.41, 5.74) is 1.48. The van der Waals surface area contributed by atoms with Crippen molar-refractivity contribution in [1.29, 1.82) is 0 Å². The molecule has 1 amide bonds. The van der Waals surface area contributed by atoms with Crippen molar-refractivity contribution in [1.82, 2.24) is 0 Å². The number of hydrogen-bond acceptors (Lipinski definition) is 4. The van der Waals surface area contributed by atoms with E-state index in [9.17, 15) is 15.0 Å². The summed E-state index contributed by atoms with van der Waals surface area (Å²) < 4.78 is 5.70. The fourth-order valence-electron chi connectivity index (χ4n) is 2.76. The average molecular weight is 380 g/mol. The maximum absolute atomic E-state index is 12.6. The molecule has 3 aromatic rings. The van der Waals surface area contributed by atoms with Crippen LogP contribution in [0.25, 0.3) is 11.0 Å². The number of rotatable bonds is 4. The number of halogens is 2. The van der Waals surface area contributed by atoms with E-state index >= 15 is 0 Å². The molecular formula is C18H15Cl2NO4. The Bertz CT molecular complexity index is 931. The number of anilines is 1. The zero-order valence-corrected chi connectivity index (χ0v) is 14.7. The van der Waals surface area contributed by atoms with E-state index < -0.39 is 18.6 Å². The molecule has 0 fully saturated rings. The van der Waals surface area contributed by atoms with Gasteiger partial charge in [0.15, 0.2) is 5.58 Å². The van der Waals surface area contributed by atoms with Crippen molar-refractivity contribution in [3.05, 3.63) is 63.3 Å². The van der Waals surface area contributed by atoms with Gasteiger partial charge in [0.05, 0.1) is 27.9 Å². The predicted molar refractivity (Wildman–Crippen MR) is 97.4 cm³/mol. The van der Waals surface area contributed by atoms with Gasteiger partial charge in [0.1, 0.15) is 11.9 Å². The largest absolute Gasteiger partial charge is 0.459 e. The summed E-state index contributed by atoms with van der Waals surface area (Å²) in [4.78, 5) is 12.6. The van der Waals surface area contributed by atoms with Crippen molar-refractivity contribution in [3.8, 4) is 0 Å². The van der Waals surface area contributed by atoms with E-state index in [1.165, 1.54) is 0 Å². The van der Waals surface area contributed by atoms with Gasteiger partial charge in [0, 0.05) is 10.9 Å². The highest BCUT2D eigenvalue weighted by Crippen LogP contribution is 2.35. The lowest BCUT2D eigenvalue weighted by Crippen LogP contribution is -2.13. The molecule has 25 heavy (non-hydrogen) atoms. The Balaban J connectivity index is 2.04. The Hall–Kier alpha value is -2.05. The molecule has 0 bridgehead atoms. The number of aliphatic hydroxyl groups is 2. The third kappa shape index (κ3) is 3.24. The summed E-state index contributed by atoms with van der Waals surface area (Å²) in [6, 6.07) is 9.95. The molecule has 5 nitrogen and oxygen atoms in total. The number of hydrogen-bond donors (Lipinski definition) is 3. The van der Waals surface area contributed by atoms with Gasteiger partial charge in [-0.25, -0.2) is 0 Å². The van der Waals surface area contributed by atoms with E-state index in [2.05, 4.69) is 5.32 Å². The van der Waals surface area contributed by atoms with Crippen LogP contribution in [-0.4, -0.2) is 22.7 Å². The molecular weight excluding hydrogens is 365 g/mol. The monoisotopic (exact) mass is 379 g/mol. The molecule has 1 heterocycles. The zero-order chi connectivity index (χ0) is 18.1. The molecule has 0 saturated heterocycles. The number of nitrogens with one attached hydrogen (secondary N) is 1. The highest BCUT2D eigenvalue weighted by atomic mass is 35.5. The maximum Gasteiger partial charge on any atom is 0.258 e. The Labute approximate surface area is 153 Å². The minimum atomic E-state index is -1.06. The Morgan fingerprint density at radius 2 is 1.84 bits per heavy atom. The minimum absolute atomic E-state index is 0.168. The molecule has 7 heteroatoms. The van der Waals surface area contributed by atoms with E-state index in [-0.39, 0.29) is 15.6 Å². The van der Waals surface area contributed by atoms with Crippen LogP contribution in [0.5, 0.6) is 0 Å². The van der Waals surface area contributed by atoms with Crippen LogP contribution >= 0.6 is 23.2 Å². The quantitative estimate of drug-likeness (QED) is 0.629. The van der Waals surface area contributed by atoms with Gasteiger partial charge in [0.2, 0.25) is 0 Å². The number of benzene rings is 2. The number of fused-ring (bicyclic) bond motifs is 1. The van der Waals surface area contributed by atoms with Gasteiger partial charge in [-0.3, -0.25) is 4.79 Å². The first-order valence-electron chi connectivity index (χ1n) is 7.50. The lowest BCUT2D eigenvalue weighted by molar-refractivity contribution is 0.0953. The van der Waals surface area contributed by atoms with Crippen molar-refractivity contribution in [2.75, 3.05) is 11.9 Å². The highest BCUT2D eigenvalue weighted by molar-refractivity contribution is 6.40. The topological polar surface area (TPSA) is 82.7 Å². The number of aryl methyl sites for hydroxylation is 1. The summed E-state index contributed by atoms with van der Waals surface area (Å²) in [6.07, 6.45) is -1.06. The van der Waals surface area contributed by atoms with E-state index in [1.54, 1.807) is 43.3 Å². The van der Waals surface area contributed by atoms with Gasteiger partial charge >= 0.3 is 0 Å². The Morgan fingerprint density at radius 3 is 2.48 bits per heavy atom. The minimum Gasteiger partial charge on any atom is -0.459 e. The molecule has 0 aliphatic heterocycles. The lowest BCUT2D eigenvalue weighted by atomic mass is 10.1. The molecule has 0 radical (unpaired) electrons. The molecule has 3 N–H and O–H groups in total. The first kappa shape index (κ1) is 17.8. The average Bonchev–Trinajstić information content (AvgIpc) is 2.91. The molecule has 0 aliphatic rings. The smallest absolute Gasteiger partial charge is 0.258 e. The first-order valence-corrected chi connectivity index (χ1v) is 8.26. The maximum atomic E-state index is 12.6. The molecule has 3 rings (SSSR count). The third-order valence-corrected chi connectivity index (χ3v) is 4.51. The molecule has 1 atom stereocenters. The third-order valence-electron chi connectivity index (χ3n) is 3.88. The number of aliphatic hydroxyl groups excluding tert-OH is 2. The molecule has 0 spiro atoms. The van der Waals surface area contributed by atoms with E-state index in [1.807, 2.05) is 0 Å². The molecule has 1 aromatic heterocycles. The summed E-state index contributed by atoms with van der Waals surface area (Å²) >= 11 is 12.1. The van der Waals surface area contributed by atoms with Crippen LogP contribution in [0.15, 0.2) is 40.8 Å². The van der Waals surface area contributed by atoms with Gasteiger partial charge in [-0.05, 0) is 25.1 Å². The number of carbonyl (C=O) groups excluding carboxylic acids is 1. The zero-order valence-electron chi connectivity index (χ0n) is 13.2. The number of para-hydroxylation sites is 1. The van der Waals surface area contributed by atoms with Crippen molar-refractivity contribution < 1.29 is 19.4 Å². The van der Waals surface area contributed by atoms with Gasteiger partial charge in [-0.15, -0.1) is 0 Å². The van der Waals surface area contributed by atoms with Crippen molar-refractivity contribution in [2.24, 2.45) is 0 Å². The number of amides is 1. The van der Waals surface area contributed by atoms with Crippen LogP contribution in [0.3, 0.4) is 0 Å². The lowest BCUT2D eigenvalue weighted by Gasteiger charge is -2.09. The second-order valence-electron chi connectivity index (χ2n) is 5.50. The molecule has 0 aliphatic carbocycles. The van der Waals surface area contributed by atoms with Crippen LogP contribution in [0, 0.1) is 6.92 Å². The predicted octanol–water partition coefficient (Wildman–Crippen LogP) is 4.33. The van der Waals surface area contributed by atoms with Crippen LogP contribution < -0.4 is 5.32 Å². The fourth-order valence-corrected chi connectivity index (χ4v) is 3.33. The van der Waals surface area contributed by atoms with Gasteiger partial charge < -0.3 is 19.9 Å². The summed E-state index contributed by atoms with van der Waals surface area (Å²) in [6.45, 7) is 1.26. The number of furan rings is 1. The summed E-state index contributed by atoms with van der Waals surface area (Å²) in [7, 11) is 0. The number of carbonyl (C=O) groups is 1. The molecule has 2 aromatic carbocycles. The van der Waals surface area contributed by atoms with Crippen LogP contribution in [-0.2, 0) is 0 Å². The van der Waals surface area contributed by atoms with Gasteiger partial charge in [0.25, 0.3) is 5.91 Å². The van der Waals surface area contributed by atoms with E-state index in [0.29, 0.717) is 28.0 Å². The second kappa shape index (κ2) is 7.06. The van der Waals surface area contributed by atoms with Crippen molar-refractivity contribution in [2.45, 2.75) is 13.0 Å². The van der Waals surface area contributed by atoms with Gasteiger partial charge in [-0.2, -0.15) is 0 Å². The van der Waals surface area contributed by atoms with Crippen LogP contribution in [0.4, 0.5) is 5.69 Å². The van der Waals surface area contributed by atoms with E-state index in [0.717, 1.165) is 0 Å². The van der Waals surface area contributed by atoms with E-state index in [4.69, 9.17) is 27.6 Å². The summed E-state index contributed by atoms with van der Waals surface area (Å²) in [5, 5.41) is 23.0. The standard InChI is InChI=1S/C18H15Cl2NO4/c1-9-15(14(23)8-22)10-4-2-7-13(17(10)25-9)21-18(24)16-11(19)5-3-6-12(16)20/h2-7,14,22-23H,8H2,1H3,(H,21,24). The molecule has 0 saturated carbocycles. The first-order chi connectivity index (χ1) is 11.9. The van der Waals surface area contributed by atoms with Gasteiger partial charge in [-0.1, -0.05) is 41.4 Å². The molecule has 130 valence electrons. The SMILES string of the molecule is Cc1oc2c(NC(=O)c3c(Cl)cccc3Cl)cccc2c1C(O)CO. The van der Waals surface area contributed by atoms with Crippen molar-refractivity contribution >= 4 is 45.8 Å². The van der Waals surface area contributed by atoms with Crippen molar-refractivity contribution in [3.63, 3.8) is 0 Å². The van der Waals surface area contributed by atoms with Crippen LogP contribution in [0.2, 0.25) is 10.0 Å². The Morgan fingerprint density at radius 1 is 1.20 bits per heavy atom. The fraction of sp³-hybridized carbons (Fsp3) is 0.167. The Kier molecular flexibility index (Phi) is 5.01. The highest BCUT2D eigenvalue weighted by Gasteiger charge is 2.21. The van der Waals surface area contributed by atoms with Crippen LogP contribution in [0.1, 0.15) is 27.8 Å². The molecule has 1 unspecified atom stereocenters. The summed E-state index contributed by atoms with van der Waals surface area (Å²) in [5.74, 6) is -0.00423.